The van der Waals surface area contributed by atoms with Gasteiger partial charge in [0, 0.05) is 44.7 Å². The zero-order valence-corrected chi connectivity index (χ0v) is 20.2. The third-order valence-corrected chi connectivity index (χ3v) is 6.94. The van der Waals surface area contributed by atoms with E-state index in [0.717, 1.165) is 36.2 Å². The third-order valence-electron chi connectivity index (χ3n) is 6.75. The van der Waals surface area contributed by atoms with Crippen LogP contribution in [-0.4, -0.2) is 57.6 Å². The molecular weight excluding hydrogens is 497 g/mol. The molecule has 0 radical (unpaired) electrons. The van der Waals surface area contributed by atoms with E-state index in [0.29, 0.717) is 29.6 Å². The molecule has 0 spiro atoms. The number of fused-ring (bicyclic) bond motifs is 3. The number of anilines is 2. The Morgan fingerprint density at radius 2 is 2.06 bits per heavy atom. The van der Waals surface area contributed by atoms with Gasteiger partial charge in [-0.1, -0.05) is 23.7 Å². The van der Waals surface area contributed by atoms with Crippen molar-refractivity contribution in [1.82, 2.24) is 24.8 Å². The van der Waals surface area contributed by atoms with Crippen molar-refractivity contribution in [3.63, 3.8) is 0 Å². The first-order chi connectivity index (χ1) is 17.1. The minimum absolute atomic E-state index is 0.0348. The van der Waals surface area contributed by atoms with Crippen molar-refractivity contribution in [2.45, 2.75) is 37.9 Å². The van der Waals surface area contributed by atoms with Crippen LogP contribution in [0.25, 0.3) is 5.65 Å². The topological polar surface area (TPSA) is 82.8 Å². The highest BCUT2D eigenvalue weighted by atomic mass is 35.5. The molecule has 5 rings (SSSR count). The number of aryl methyl sites for hydroxylation is 1. The van der Waals surface area contributed by atoms with Crippen molar-refractivity contribution in [1.29, 1.82) is 0 Å². The molecule has 2 amide bonds. The van der Waals surface area contributed by atoms with Gasteiger partial charge in [-0.2, -0.15) is 18.3 Å². The Bertz CT molecular complexity index is 1310. The zero-order chi connectivity index (χ0) is 25.6. The number of hydrogen-bond acceptors (Lipinski definition) is 5. The highest BCUT2D eigenvalue weighted by Crippen LogP contribution is 2.39. The average molecular weight is 521 g/mol. The van der Waals surface area contributed by atoms with Gasteiger partial charge in [0.05, 0.1) is 17.6 Å². The van der Waals surface area contributed by atoms with E-state index in [1.807, 2.05) is 4.90 Å². The largest absolute Gasteiger partial charge is 0.413 e. The molecule has 36 heavy (non-hydrogen) atoms. The second-order valence-corrected chi connectivity index (χ2v) is 9.59. The molecule has 2 aromatic heterocycles. The molecule has 0 aliphatic carbocycles. The highest BCUT2D eigenvalue weighted by molar-refractivity contribution is 6.29. The summed E-state index contributed by atoms with van der Waals surface area (Å²) >= 11 is 6.04. The Balaban J connectivity index is 1.40. The average Bonchev–Trinajstić information content (AvgIpc) is 3.42. The van der Waals surface area contributed by atoms with E-state index in [1.165, 1.54) is 12.1 Å². The molecule has 3 aromatic rings. The number of benzene rings is 1. The first-order valence-electron chi connectivity index (χ1n) is 11.6. The van der Waals surface area contributed by atoms with Gasteiger partial charge < -0.3 is 15.1 Å². The van der Waals surface area contributed by atoms with Crippen molar-refractivity contribution < 1.29 is 22.8 Å². The van der Waals surface area contributed by atoms with Crippen LogP contribution in [-0.2, 0) is 16.0 Å². The molecule has 4 heterocycles. The number of halogens is 4. The maximum Gasteiger partial charge on any atom is 0.413 e. The molecule has 1 N–H and O–H groups in total. The van der Waals surface area contributed by atoms with Crippen LogP contribution in [0, 0.1) is 5.92 Å². The van der Waals surface area contributed by atoms with Crippen LogP contribution < -0.4 is 10.2 Å². The normalized spacial score (nSPS) is 18.8. The summed E-state index contributed by atoms with van der Waals surface area (Å²) in [7, 11) is 1.16. The Morgan fingerprint density at radius 1 is 1.31 bits per heavy atom. The van der Waals surface area contributed by atoms with E-state index in [-0.39, 0.29) is 30.2 Å². The first kappa shape index (κ1) is 24.4. The lowest BCUT2D eigenvalue weighted by Crippen LogP contribution is -2.40. The van der Waals surface area contributed by atoms with E-state index < -0.39 is 18.1 Å². The predicted octanol–water partition coefficient (Wildman–Crippen LogP) is 4.06. The van der Waals surface area contributed by atoms with Crippen LogP contribution in [0.3, 0.4) is 0 Å². The molecule has 2 aliphatic heterocycles. The smallest absolute Gasteiger partial charge is 0.356 e. The number of carbonyl (C=O) groups is 2. The summed E-state index contributed by atoms with van der Waals surface area (Å²) in [6.45, 7) is 0.969. The van der Waals surface area contributed by atoms with Crippen LogP contribution in [0.1, 0.15) is 36.6 Å². The number of carbonyl (C=O) groups excluding carboxylic acids is 2. The number of nitrogens with zero attached hydrogens (tertiary/aromatic N) is 5. The Morgan fingerprint density at radius 3 is 2.72 bits per heavy atom. The summed E-state index contributed by atoms with van der Waals surface area (Å²) in [4.78, 5) is 31.2. The monoisotopic (exact) mass is 520 g/mol. The van der Waals surface area contributed by atoms with Crippen LogP contribution in [0.4, 0.5) is 24.5 Å². The van der Waals surface area contributed by atoms with Crippen LogP contribution in [0.5, 0.6) is 0 Å². The van der Waals surface area contributed by atoms with E-state index in [4.69, 9.17) is 11.6 Å². The Labute approximate surface area is 210 Å². The van der Waals surface area contributed by atoms with E-state index in [1.54, 1.807) is 28.9 Å². The fourth-order valence-electron chi connectivity index (χ4n) is 5.01. The third kappa shape index (κ3) is 4.59. The lowest BCUT2D eigenvalue weighted by atomic mass is 10.0. The minimum Gasteiger partial charge on any atom is -0.356 e. The molecule has 2 aliphatic rings. The van der Waals surface area contributed by atoms with E-state index in [2.05, 4.69) is 15.4 Å². The molecule has 2 atom stereocenters. The van der Waals surface area contributed by atoms with Crippen molar-refractivity contribution in [2.75, 3.05) is 25.0 Å². The summed E-state index contributed by atoms with van der Waals surface area (Å²) in [6.07, 6.45) is -1.32. The van der Waals surface area contributed by atoms with Crippen molar-refractivity contribution in [3.8, 4) is 0 Å². The summed E-state index contributed by atoms with van der Waals surface area (Å²) in [5.74, 6) is -1.14. The van der Waals surface area contributed by atoms with Gasteiger partial charge in [-0.05, 0) is 36.5 Å². The van der Waals surface area contributed by atoms with E-state index >= 15 is 0 Å². The van der Waals surface area contributed by atoms with Gasteiger partial charge in [0.1, 0.15) is 0 Å². The number of rotatable bonds is 5. The second kappa shape index (κ2) is 9.27. The number of amides is 2. The molecule has 8 nitrogen and oxygen atoms in total. The highest BCUT2D eigenvalue weighted by Gasteiger charge is 2.45. The number of nitrogens with one attached hydrogen (secondary N) is 1. The maximum absolute atomic E-state index is 14.1. The molecule has 0 bridgehead atoms. The summed E-state index contributed by atoms with van der Waals surface area (Å²) in [6, 6.07) is 5.64. The van der Waals surface area contributed by atoms with Gasteiger partial charge >= 0.3 is 6.18 Å². The number of alkyl halides is 3. The summed E-state index contributed by atoms with van der Waals surface area (Å²) in [5.41, 5.74) is 3.06. The maximum atomic E-state index is 14.1. The molecule has 0 unspecified atom stereocenters. The van der Waals surface area contributed by atoms with Gasteiger partial charge in [0.25, 0.3) is 0 Å². The molecule has 1 aromatic carbocycles. The molecule has 1 saturated heterocycles. The van der Waals surface area contributed by atoms with Crippen molar-refractivity contribution >= 4 is 40.4 Å². The standard InChI is InChI=1S/C24H24ClF3N6O2/c1-32(22(36)10-14-9-21(35)30-12-14)23(24(26,27)28)15-4-6-16(7-5-15)33-8-2-3-17-18(33)13-29-20-11-19(25)31-34(17)20/h4-7,11,13-14,23H,2-3,8-10,12H2,1H3,(H,30,35)/t14-,23-/m0/s1. The van der Waals surface area contributed by atoms with Gasteiger partial charge in [0.2, 0.25) is 11.8 Å². The predicted molar refractivity (Wildman–Crippen MR) is 127 cm³/mol. The lowest BCUT2D eigenvalue weighted by Gasteiger charge is -2.33. The van der Waals surface area contributed by atoms with Crippen LogP contribution in [0.2, 0.25) is 5.15 Å². The first-order valence-corrected chi connectivity index (χ1v) is 12.0. The minimum atomic E-state index is -4.66. The molecule has 0 saturated carbocycles. The molecular formula is C24H24ClF3N6O2. The van der Waals surface area contributed by atoms with Gasteiger partial charge in [-0.25, -0.2) is 9.50 Å². The summed E-state index contributed by atoms with van der Waals surface area (Å²) < 4.78 is 44.0. The molecule has 12 heteroatoms. The fourth-order valence-corrected chi connectivity index (χ4v) is 5.18. The van der Waals surface area contributed by atoms with Gasteiger partial charge in [-0.15, -0.1) is 0 Å². The SMILES string of the molecule is CN(C(=O)C[C@H]1CNC(=O)C1)[C@@H](c1ccc(N2CCCc3c2cnc2cc(Cl)nn32)cc1)C(F)(F)F. The van der Waals surface area contributed by atoms with E-state index in [9.17, 15) is 22.8 Å². The number of hydrogen-bond donors (Lipinski definition) is 1. The Hall–Kier alpha value is -3.34. The lowest BCUT2D eigenvalue weighted by molar-refractivity contribution is -0.189. The fraction of sp³-hybridized carbons (Fsp3) is 0.417. The second-order valence-electron chi connectivity index (χ2n) is 9.20. The quantitative estimate of drug-likeness (QED) is 0.549. The van der Waals surface area contributed by atoms with Crippen LogP contribution >= 0.6 is 11.6 Å². The van der Waals surface area contributed by atoms with Crippen LogP contribution in [0.15, 0.2) is 36.5 Å². The Kier molecular flexibility index (Phi) is 6.27. The zero-order valence-electron chi connectivity index (χ0n) is 19.4. The van der Waals surface area contributed by atoms with Gasteiger partial charge in [-0.3, -0.25) is 9.59 Å². The molecule has 190 valence electrons. The van der Waals surface area contributed by atoms with Gasteiger partial charge in [0.15, 0.2) is 16.8 Å². The molecule has 1 fully saturated rings. The van der Waals surface area contributed by atoms with Crippen molar-refractivity contribution in [2.24, 2.45) is 5.92 Å². The number of aromatic nitrogens is 3. The summed E-state index contributed by atoms with van der Waals surface area (Å²) in [5, 5.41) is 7.25. The van der Waals surface area contributed by atoms with Crippen molar-refractivity contribution in [3.05, 3.63) is 52.9 Å².